The highest BCUT2D eigenvalue weighted by Crippen LogP contribution is 2.16. The minimum absolute atomic E-state index is 0.0861. The van der Waals surface area contributed by atoms with Crippen molar-refractivity contribution in [3.8, 4) is 0 Å². The number of unbranched alkanes of at least 4 members (excludes halogenated alkanes) is 33. The normalized spacial score (nSPS) is 12.6. The summed E-state index contributed by atoms with van der Waals surface area (Å²) in [5.74, 6) is -0.897. The smallest absolute Gasteiger partial charge is 0.306 e. The lowest BCUT2D eigenvalue weighted by molar-refractivity contribution is -0.167. The number of hydrogen-bond donors (Lipinski definition) is 0. The predicted molar refractivity (Wildman–Crippen MR) is 325 cm³/mol. The van der Waals surface area contributed by atoms with Crippen LogP contribution < -0.4 is 0 Å². The number of allylic oxidation sites excluding steroid dienone is 14. The molecular formula is C69H120O6. The third-order valence-corrected chi connectivity index (χ3v) is 13.9. The number of ether oxygens (including phenoxy) is 3. The summed E-state index contributed by atoms with van der Waals surface area (Å²) in [6.07, 6.45) is 82.9. The Hall–Kier alpha value is -3.41. The molecule has 6 nitrogen and oxygen atoms in total. The molecule has 0 amide bonds. The lowest BCUT2D eigenvalue weighted by atomic mass is 10.1. The van der Waals surface area contributed by atoms with Gasteiger partial charge < -0.3 is 14.2 Å². The summed E-state index contributed by atoms with van der Waals surface area (Å²) in [6, 6.07) is 0. The predicted octanol–water partition coefficient (Wildman–Crippen LogP) is 21.9. The summed E-state index contributed by atoms with van der Waals surface area (Å²) in [7, 11) is 0. The fourth-order valence-corrected chi connectivity index (χ4v) is 9.05. The number of carbonyl (C=O) groups excluding carboxylic acids is 3. The van der Waals surface area contributed by atoms with Crippen molar-refractivity contribution in [3.63, 3.8) is 0 Å². The molecule has 0 radical (unpaired) electrons. The molecule has 0 aromatic heterocycles. The van der Waals surface area contributed by atoms with E-state index in [0.717, 1.165) is 103 Å². The molecule has 6 heteroatoms. The SMILES string of the molecule is CC/C=C\C/C=C\C/C=C\CCCCCCCCCC(=O)OCC(COC(=O)CCCCCCCC/C=C\C/C=C\C/C=C\CCCCCCC)OC(=O)CCCCCCCCCCC/C=C\CCCCCCCC. The quantitative estimate of drug-likeness (QED) is 0.0261. The molecule has 0 saturated heterocycles. The Labute approximate surface area is 465 Å². The number of esters is 3. The third kappa shape index (κ3) is 61.3. The molecule has 1 atom stereocenters. The van der Waals surface area contributed by atoms with Crippen molar-refractivity contribution in [2.75, 3.05) is 13.2 Å². The minimum Gasteiger partial charge on any atom is -0.462 e. The Kier molecular flexibility index (Phi) is 60.3. The van der Waals surface area contributed by atoms with E-state index in [0.29, 0.717) is 19.3 Å². The lowest BCUT2D eigenvalue weighted by Gasteiger charge is -2.18. The topological polar surface area (TPSA) is 78.9 Å². The molecule has 0 aliphatic carbocycles. The largest absolute Gasteiger partial charge is 0.462 e. The summed E-state index contributed by atoms with van der Waals surface area (Å²) < 4.78 is 16.9. The van der Waals surface area contributed by atoms with Crippen molar-refractivity contribution in [1.29, 1.82) is 0 Å². The van der Waals surface area contributed by atoms with Crippen molar-refractivity contribution in [1.82, 2.24) is 0 Å². The maximum absolute atomic E-state index is 12.9. The van der Waals surface area contributed by atoms with Gasteiger partial charge in [0.1, 0.15) is 13.2 Å². The molecule has 0 saturated carbocycles. The average molecular weight is 1050 g/mol. The molecule has 0 aliphatic rings. The first kappa shape index (κ1) is 71.6. The van der Waals surface area contributed by atoms with Gasteiger partial charge in [-0.2, -0.15) is 0 Å². The first-order valence-electron chi connectivity index (χ1n) is 32.1. The van der Waals surface area contributed by atoms with Gasteiger partial charge in [-0.05, 0) is 116 Å². The van der Waals surface area contributed by atoms with Crippen molar-refractivity contribution >= 4 is 17.9 Å². The molecule has 0 spiro atoms. The zero-order valence-electron chi connectivity index (χ0n) is 49.6. The molecule has 0 N–H and O–H groups in total. The molecule has 0 fully saturated rings. The van der Waals surface area contributed by atoms with Crippen molar-refractivity contribution in [2.24, 2.45) is 0 Å². The van der Waals surface area contributed by atoms with Crippen LogP contribution in [0.1, 0.15) is 316 Å². The number of rotatable bonds is 58. The first-order valence-corrected chi connectivity index (χ1v) is 32.1. The number of carbonyl (C=O) groups is 3. The molecule has 75 heavy (non-hydrogen) atoms. The van der Waals surface area contributed by atoms with E-state index in [1.807, 2.05) is 0 Å². The lowest BCUT2D eigenvalue weighted by Crippen LogP contribution is -2.30. The molecule has 0 rings (SSSR count). The Morgan fingerprint density at radius 2 is 0.520 bits per heavy atom. The zero-order chi connectivity index (χ0) is 54.3. The highest BCUT2D eigenvalue weighted by Gasteiger charge is 2.19. The molecule has 1 unspecified atom stereocenters. The van der Waals surface area contributed by atoms with E-state index in [-0.39, 0.29) is 31.1 Å². The Morgan fingerprint density at radius 3 is 0.827 bits per heavy atom. The zero-order valence-corrected chi connectivity index (χ0v) is 49.6. The van der Waals surface area contributed by atoms with Crippen LogP contribution >= 0.6 is 0 Å². The minimum atomic E-state index is -0.789. The maximum Gasteiger partial charge on any atom is 0.306 e. The van der Waals surface area contributed by atoms with Gasteiger partial charge in [0.25, 0.3) is 0 Å². The van der Waals surface area contributed by atoms with E-state index < -0.39 is 6.10 Å². The van der Waals surface area contributed by atoms with Gasteiger partial charge in [0, 0.05) is 19.3 Å². The molecule has 0 aliphatic heterocycles. The second-order valence-electron chi connectivity index (χ2n) is 21.3. The van der Waals surface area contributed by atoms with Crippen molar-refractivity contribution in [3.05, 3.63) is 85.1 Å². The summed E-state index contributed by atoms with van der Waals surface area (Å²) in [5.41, 5.74) is 0. The van der Waals surface area contributed by atoms with E-state index in [1.54, 1.807) is 0 Å². The van der Waals surface area contributed by atoms with Gasteiger partial charge in [-0.1, -0.05) is 266 Å². The van der Waals surface area contributed by atoms with Crippen LogP contribution in [-0.4, -0.2) is 37.2 Å². The van der Waals surface area contributed by atoms with E-state index >= 15 is 0 Å². The van der Waals surface area contributed by atoms with E-state index in [1.165, 1.54) is 173 Å². The average Bonchev–Trinajstić information content (AvgIpc) is 3.41. The summed E-state index contributed by atoms with van der Waals surface area (Å²) in [6.45, 7) is 6.53. The summed E-state index contributed by atoms with van der Waals surface area (Å²) in [4.78, 5) is 38.3. The van der Waals surface area contributed by atoms with E-state index in [2.05, 4.69) is 106 Å². The summed E-state index contributed by atoms with van der Waals surface area (Å²) >= 11 is 0. The molecule has 0 aromatic rings. The molecule has 0 aromatic carbocycles. The fourth-order valence-electron chi connectivity index (χ4n) is 9.05. The Balaban J connectivity index is 4.41. The van der Waals surface area contributed by atoms with Gasteiger partial charge in [0.2, 0.25) is 0 Å². The van der Waals surface area contributed by atoms with Crippen LogP contribution in [0.25, 0.3) is 0 Å². The van der Waals surface area contributed by atoms with Crippen LogP contribution in [-0.2, 0) is 28.6 Å². The second kappa shape index (κ2) is 63.1. The van der Waals surface area contributed by atoms with Gasteiger partial charge in [-0.15, -0.1) is 0 Å². The fraction of sp³-hybridized carbons (Fsp3) is 0.754. The van der Waals surface area contributed by atoms with Gasteiger partial charge in [0.05, 0.1) is 0 Å². The number of hydrogen-bond acceptors (Lipinski definition) is 6. The summed E-state index contributed by atoms with van der Waals surface area (Å²) in [5, 5.41) is 0. The van der Waals surface area contributed by atoms with Gasteiger partial charge in [0.15, 0.2) is 6.10 Å². The van der Waals surface area contributed by atoms with Crippen molar-refractivity contribution in [2.45, 2.75) is 322 Å². The second-order valence-corrected chi connectivity index (χ2v) is 21.3. The van der Waals surface area contributed by atoms with Crippen LogP contribution in [0, 0.1) is 0 Å². The van der Waals surface area contributed by atoms with E-state index in [9.17, 15) is 14.4 Å². The molecular weight excluding hydrogens is 925 g/mol. The van der Waals surface area contributed by atoms with Crippen LogP contribution in [0.3, 0.4) is 0 Å². The Bertz CT molecular complexity index is 1430. The van der Waals surface area contributed by atoms with Crippen LogP contribution in [0.15, 0.2) is 85.1 Å². The molecule has 0 bridgehead atoms. The highest BCUT2D eigenvalue weighted by atomic mass is 16.6. The van der Waals surface area contributed by atoms with Crippen LogP contribution in [0.4, 0.5) is 0 Å². The van der Waals surface area contributed by atoms with Gasteiger partial charge in [-0.3, -0.25) is 14.4 Å². The first-order chi connectivity index (χ1) is 37.0. The standard InChI is InChI=1S/C69H120O6/c1-4-7-10-13-16-19-22-25-28-31-33-34-36-38-41-44-47-50-53-56-59-62-68(71)74-65-66(64-73-67(70)61-58-55-52-49-46-43-40-37-30-27-24-21-18-15-12-9-6-3)75-69(72)63-60-57-54-51-48-45-42-39-35-32-29-26-23-20-17-14-11-8-5-2/h9,12,18,21-22,25-27,29-31,33,36,38,66H,4-8,10-11,13-17,19-20,23-24,28,32,34-35,37,39-65H2,1-3H3/b12-9-,21-18-,25-22-,29-26-,30-27-,33-31-,38-36-. The molecule has 432 valence electrons. The van der Waals surface area contributed by atoms with E-state index in [4.69, 9.17) is 14.2 Å². The van der Waals surface area contributed by atoms with Crippen LogP contribution in [0.2, 0.25) is 0 Å². The van der Waals surface area contributed by atoms with Gasteiger partial charge in [-0.25, -0.2) is 0 Å². The van der Waals surface area contributed by atoms with Gasteiger partial charge >= 0.3 is 17.9 Å². The highest BCUT2D eigenvalue weighted by molar-refractivity contribution is 5.71. The molecule has 0 heterocycles. The Morgan fingerprint density at radius 1 is 0.280 bits per heavy atom. The van der Waals surface area contributed by atoms with Crippen molar-refractivity contribution < 1.29 is 28.6 Å². The maximum atomic E-state index is 12.9. The van der Waals surface area contributed by atoms with Crippen LogP contribution in [0.5, 0.6) is 0 Å². The third-order valence-electron chi connectivity index (χ3n) is 13.9. The monoisotopic (exact) mass is 1040 g/mol.